The van der Waals surface area contributed by atoms with E-state index in [1.54, 1.807) is 36.5 Å². The highest BCUT2D eigenvalue weighted by Crippen LogP contribution is 2.17. The van der Waals surface area contributed by atoms with E-state index < -0.39 is 6.04 Å². The molecule has 29 heavy (non-hydrogen) atoms. The van der Waals surface area contributed by atoms with Gasteiger partial charge in [0.1, 0.15) is 6.04 Å². The van der Waals surface area contributed by atoms with Crippen LogP contribution >= 0.6 is 0 Å². The number of fused-ring (bicyclic) bond motifs is 1. The number of nitrogens with one attached hydrogen (secondary N) is 3. The zero-order valence-corrected chi connectivity index (χ0v) is 15.6. The number of anilines is 1. The largest absolute Gasteiger partial charge is 0.340 e. The first-order valence-corrected chi connectivity index (χ1v) is 9.33. The maximum absolute atomic E-state index is 13.0. The lowest BCUT2D eigenvalue weighted by atomic mass is 10.0. The van der Waals surface area contributed by atoms with Crippen LogP contribution < -0.4 is 10.6 Å². The molecule has 0 unspecified atom stereocenters. The molecule has 0 aliphatic heterocycles. The second-order valence-electron chi connectivity index (χ2n) is 6.74. The van der Waals surface area contributed by atoms with E-state index in [4.69, 9.17) is 0 Å². The predicted molar refractivity (Wildman–Crippen MR) is 113 cm³/mol. The van der Waals surface area contributed by atoms with Gasteiger partial charge in [0, 0.05) is 23.1 Å². The lowest BCUT2D eigenvalue weighted by Gasteiger charge is -2.19. The molecule has 3 aromatic carbocycles. The van der Waals surface area contributed by atoms with Crippen LogP contribution in [0.25, 0.3) is 10.9 Å². The standard InChI is InChI=1S/C23H20N4O2/c28-22(17-9-5-2-6-10-17)26-21(13-16-7-3-1-4-8-16)23(29)25-19-11-12-20-18(14-19)15-24-27-20/h1-12,14-15,21H,13H2,(H,24,27)(H,25,29)(H,26,28)/t21-/m1/s1. The van der Waals surface area contributed by atoms with Gasteiger partial charge in [-0.05, 0) is 35.9 Å². The van der Waals surface area contributed by atoms with E-state index in [2.05, 4.69) is 20.8 Å². The first kappa shape index (κ1) is 18.4. The number of nitrogens with zero attached hydrogens (tertiary/aromatic N) is 1. The third-order valence-electron chi connectivity index (χ3n) is 4.65. The summed E-state index contributed by atoms with van der Waals surface area (Å²) in [7, 11) is 0. The van der Waals surface area contributed by atoms with Gasteiger partial charge in [-0.15, -0.1) is 0 Å². The second kappa shape index (κ2) is 8.39. The number of hydrogen-bond acceptors (Lipinski definition) is 3. The van der Waals surface area contributed by atoms with Crippen molar-refractivity contribution in [2.45, 2.75) is 12.5 Å². The maximum atomic E-state index is 13.0. The Hall–Kier alpha value is -3.93. The van der Waals surface area contributed by atoms with Crippen LogP contribution in [0.5, 0.6) is 0 Å². The molecule has 3 N–H and O–H groups in total. The van der Waals surface area contributed by atoms with Crippen LogP contribution in [0, 0.1) is 0 Å². The fourth-order valence-corrected chi connectivity index (χ4v) is 3.14. The van der Waals surface area contributed by atoms with E-state index in [9.17, 15) is 9.59 Å². The Kier molecular flexibility index (Phi) is 5.33. The molecule has 6 heteroatoms. The zero-order valence-electron chi connectivity index (χ0n) is 15.6. The molecule has 1 atom stereocenters. The summed E-state index contributed by atoms with van der Waals surface area (Å²) in [6, 6.07) is 23.3. The van der Waals surface area contributed by atoms with Crippen LogP contribution in [-0.4, -0.2) is 28.1 Å². The van der Waals surface area contributed by atoms with E-state index in [1.165, 1.54) is 0 Å². The SMILES string of the molecule is O=C(N[C@H](Cc1ccccc1)C(=O)Nc1ccc2[nH]ncc2c1)c1ccccc1. The number of aromatic amines is 1. The molecule has 6 nitrogen and oxygen atoms in total. The Bertz CT molecular complexity index is 1120. The molecule has 4 aromatic rings. The summed E-state index contributed by atoms with van der Waals surface area (Å²) < 4.78 is 0. The molecule has 0 spiro atoms. The van der Waals surface area contributed by atoms with Crippen molar-refractivity contribution >= 4 is 28.4 Å². The number of carbonyl (C=O) groups is 2. The average Bonchev–Trinajstić information content (AvgIpc) is 3.22. The number of rotatable bonds is 6. The third kappa shape index (κ3) is 4.50. The summed E-state index contributed by atoms with van der Waals surface area (Å²) in [4.78, 5) is 25.6. The summed E-state index contributed by atoms with van der Waals surface area (Å²) in [5.41, 5.74) is 3.02. The van der Waals surface area contributed by atoms with Crippen molar-refractivity contribution in [2.24, 2.45) is 0 Å². The monoisotopic (exact) mass is 384 g/mol. The Morgan fingerprint density at radius 3 is 2.41 bits per heavy atom. The van der Waals surface area contributed by atoms with Crippen molar-refractivity contribution < 1.29 is 9.59 Å². The molecule has 0 saturated heterocycles. The molecular weight excluding hydrogens is 364 g/mol. The number of amides is 2. The van der Waals surface area contributed by atoms with Crippen LogP contribution in [0.1, 0.15) is 15.9 Å². The highest BCUT2D eigenvalue weighted by Gasteiger charge is 2.22. The minimum Gasteiger partial charge on any atom is -0.340 e. The van der Waals surface area contributed by atoms with Gasteiger partial charge in [-0.25, -0.2) is 0 Å². The highest BCUT2D eigenvalue weighted by atomic mass is 16.2. The fourth-order valence-electron chi connectivity index (χ4n) is 3.14. The fraction of sp³-hybridized carbons (Fsp3) is 0.0870. The minimum atomic E-state index is -0.717. The van der Waals surface area contributed by atoms with Gasteiger partial charge in [0.05, 0.1) is 11.7 Å². The summed E-state index contributed by atoms with van der Waals surface area (Å²) in [6.45, 7) is 0. The second-order valence-corrected chi connectivity index (χ2v) is 6.74. The van der Waals surface area contributed by atoms with E-state index in [0.29, 0.717) is 17.7 Å². The number of aromatic nitrogens is 2. The first-order valence-electron chi connectivity index (χ1n) is 9.33. The minimum absolute atomic E-state index is 0.277. The van der Waals surface area contributed by atoms with Crippen LogP contribution in [0.2, 0.25) is 0 Å². The molecule has 0 aliphatic rings. The van der Waals surface area contributed by atoms with Gasteiger partial charge < -0.3 is 10.6 Å². The molecule has 0 fully saturated rings. The number of H-pyrrole nitrogens is 1. The van der Waals surface area contributed by atoms with Gasteiger partial charge in [0.2, 0.25) is 5.91 Å². The number of hydrogen-bond donors (Lipinski definition) is 3. The van der Waals surface area contributed by atoms with E-state index in [0.717, 1.165) is 16.5 Å². The molecule has 144 valence electrons. The van der Waals surface area contributed by atoms with Gasteiger partial charge in [0.15, 0.2) is 0 Å². The van der Waals surface area contributed by atoms with Crippen molar-refractivity contribution in [1.82, 2.24) is 15.5 Å². The predicted octanol–water partition coefficient (Wildman–Crippen LogP) is 3.54. The van der Waals surface area contributed by atoms with Crippen molar-refractivity contribution in [3.8, 4) is 0 Å². The lowest BCUT2D eigenvalue weighted by Crippen LogP contribution is -2.45. The summed E-state index contributed by atoms with van der Waals surface area (Å²) in [5.74, 6) is -0.562. The van der Waals surface area contributed by atoms with Crippen molar-refractivity contribution in [2.75, 3.05) is 5.32 Å². The van der Waals surface area contributed by atoms with Gasteiger partial charge in [0.25, 0.3) is 5.91 Å². The van der Waals surface area contributed by atoms with Gasteiger partial charge in [-0.3, -0.25) is 14.7 Å². The van der Waals surface area contributed by atoms with Crippen LogP contribution in [0.4, 0.5) is 5.69 Å². The van der Waals surface area contributed by atoms with Gasteiger partial charge in [-0.1, -0.05) is 48.5 Å². The Labute approximate surface area is 168 Å². The molecule has 1 heterocycles. The molecule has 0 aliphatic carbocycles. The van der Waals surface area contributed by atoms with Crippen LogP contribution in [-0.2, 0) is 11.2 Å². The van der Waals surface area contributed by atoms with Crippen LogP contribution in [0.15, 0.2) is 85.1 Å². The maximum Gasteiger partial charge on any atom is 0.251 e. The highest BCUT2D eigenvalue weighted by molar-refractivity contribution is 6.02. The Balaban J connectivity index is 1.54. The summed E-state index contributed by atoms with van der Waals surface area (Å²) in [5, 5.41) is 13.5. The zero-order chi connectivity index (χ0) is 20.1. The first-order chi connectivity index (χ1) is 14.2. The Morgan fingerprint density at radius 1 is 0.931 bits per heavy atom. The van der Waals surface area contributed by atoms with Gasteiger partial charge in [-0.2, -0.15) is 5.10 Å². The number of benzene rings is 3. The van der Waals surface area contributed by atoms with Crippen LogP contribution in [0.3, 0.4) is 0 Å². The average molecular weight is 384 g/mol. The van der Waals surface area contributed by atoms with Crippen molar-refractivity contribution in [3.63, 3.8) is 0 Å². The van der Waals surface area contributed by atoms with E-state index >= 15 is 0 Å². The molecular formula is C23H20N4O2. The van der Waals surface area contributed by atoms with Crippen molar-refractivity contribution in [1.29, 1.82) is 0 Å². The molecule has 1 aromatic heterocycles. The number of carbonyl (C=O) groups excluding carboxylic acids is 2. The third-order valence-corrected chi connectivity index (χ3v) is 4.65. The van der Waals surface area contributed by atoms with E-state index in [-0.39, 0.29) is 11.8 Å². The normalized spacial score (nSPS) is 11.7. The molecule has 0 radical (unpaired) electrons. The smallest absolute Gasteiger partial charge is 0.251 e. The molecule has 4 rings (SSSR count). The topological polar surface area (TPSA) is 86.9 Å². The summed E-state index contributed by atoms with van der Waals surface area (Å²) in [6.07, 6.45) is 2.09. The van der Waals surface area contributed by atoms with Crippen molar-refractivity contribution in [3.05, 3.63) is 96.2 Å². The van der Waals surface area contributed by atoms with E-state index in [1.807, 2.05) is 48.5 Å². The summed E-state index contributed by atoms with van der Waals surface area (Å²) >= 11 is 0. The molecule has 0 bridgehead atoms. The van der Waals surface area contributed by atoms with Gasteiger partial charge >= 0.3 is 0 Å². The lowest BCUT2D eigenvalue weighted by molar-refractivity contribution is -0.118. The quantitative estimate of drug-likeness (QED) is 0.475. The molecule has 2 amide bonds. The Morgan fingerprint density at radius 2 is 1.66 bits per heavy atom. The molecule has 0 saturated carbocycles.